The number of hydrogen-bond acceptors (Lipinski definition) is 6. The van der Waals surface area contributed by atoms with Crippen molar-refractivity contribution in [3.05, 3.63) is 18.2 Å². The van der Waals surface area contributed by atoms with Gasteiger partial charge in [0.2, 0.25) is 0 Å². The van der Waals surface area contributed by atoms with Crippen molar-refractivity contribution in [3.8, 4) is 5.75 Å². The molecule has 0 aliphatic rings. The molecule has 0 heterocycles. The molecule has 0 aromatic heterocycles. The normalized spacial score (nSPS) is 10.8. The van der Waals surface area contributed by atoms with E-state index in [0.717, 1.165) is 0 Å². The monoisotopic (exact) mass is 315 g/mol. The van der Waals surface area contributed by atoms with Crippen molar-refractivity contribution < 1.29 is 51.4 Å². The van der Waals surface area contributed by atoms with E-state index in [4.69, 9.17) is 0 Å². The van der Waals surface area contributed by atoms with Crippen molar-refractivity contribution in [2.45, 2.75) is 0 Å². The van der Waals surface area contributed by atoms with Crippen LogP contribution in [-0.2, 0) is 13.9 Å². The van der Waals surface area contributed by atoms with Crippen LogP contribution in [0.1, 0.15) is 0 Å². The fourth-order valence-corrected chi connectivity index (χ4v) is 1.89. The smallest absolute Gasteiger partial charge is 1.00 e. The topological polar surface area (TPSA) is 107 Å². The van der Waals surface area contributed by atoms with Crippen molar-refractivity contribution >= 4 is 35.8 Å². The average molecular weight is 315 g/mol. The van der Waals surface area contributed by atoms with Crippen LogP contribution >= 0.6 is 0 Å². The molecule has 0 fully saturated rings. The minimum absolute atomic E-state index is 0. The first-order chi connectivity index (χ1) is 6.92. The zero-order chi connectivity index (χ0) is 11.5. The number of benzene rings is 1. The van der Waals surface area contributed by atoms with Crippen molar-refractivity contribution in [2.75, 3.05) is 11.2 Å². The molecule has 0 atom stereocenters. The maximum atomic E-state index is 10.6. The number of aromatic hydroxyl groups is 1. The molecule has 9 heteroatoms. The quantitative estimate of drug-likeness (QED) is 0.333. The maximum Gasteiger partial charge on any atom is 1.00 e. The summed E-state index contributed by atoms with van der Waals surface area (Å²) in [7, 11) is -4.40. The molecule has 0 radical (unpaired) electrons. The Hall–Kier alpha value is 0.0884. The molecule has 0 aliphatic carbocycles. The molecule has 16 heavy (non-hydrogen) atoms. The van der Waals surface area contributed by atoms with Crippen LogP contribution in [0, 0.1) is 0 Å². The second kappa shape index (κ2) is 6.73. The second-order valence-electron chi connectivity index (χ2n) is 2.67. The van der Waals surface area contributed by atoms with Crippen molar-refractivity contribution in [2.24, 2.45) is 0 Å². The van der Waals surface area contributed by atoms with E-state index in [0.29, 0.717) is 4.35 Å². The van der Waals surface area contributed by atoms with Crippen LogP contribution in [0.15, 0.2) is 18.2 Å². The van der Waals surface area contributed by atoms with Crippen molar-refractivity contribution in [1.82, 2.24) is 0 Å². The number of phenols is 1. The largest absolute Gasteiger partial charge is 1.00 e. The van der Waals surface area contributed by atoms with Crippen LogP contribution in [0.25, 0.3) is 0 Å². The Morgan fingerprint density at radius 3 is 2.56 bits per heavy atom. The molecule has 2 N–H and O–H groups in total. The van der Waals surface area contributed by atoms with Gasteiger partial charge in [-0.15, -0.1) is 0 Å². The summed E-state index contributed by atoms with van der Waals surface area (Å²) in [5.41, 5.74) is 0.0816. The molecule has 0 spiro atoms. The number of rotatable bonds is 4. The Kier molecular flexibility index (Phi) is 6.77. The molecule has 0 amide bonds. The van der Waals surface area contributed by atoms with Gasteiger partial charge in [-0.2, -0.15) is 0 Å². The van der Waals surface area contributed by atoms with Gasteiger partial charge in [-0.1, -0.05) is 0 Å². The average Bonchev–Trinajstić information content (AvgIpc) is 2.15. The standard InChI is InChI=1S/C7H8AsNO5S.Na/c10-7-2-1-5(8-11)3-6(7)9-4-15(12,13)14;/h1-3,9-10H,4H2,(H,12,13,14);/q;+1/p-1. The fraction of sp³-hybridized carbons (Fsp3) is 0.143. The van der Waals surface area contributed by atoms with Gasteiger partial charge < -0.3 is 0 Å². The Morgan fingerprint density at radius 1 is 1.44 bits per heavy atom. The first-order valence-corrected chi connectivity index (χ1v) is 7.04. The molecule has 0 aliphatic heterocycles. The summed E-state index contributed by atoms with van der Waals surface area (Å²) in [5, 5.41) is 11.5. The molecule has 1 rings (SSSR count). The zero-order valence-electron chi connectivity index (χ0n) is 8.37. The molecule has 0 unspecified atom stereocenters. The van der Waals surface area contributed by atoms with Gasteiger partial charge in [0, 0.05) is 0 Å². The molecule has 1 aromatic rings. The van der Waals surface area contributed by atoms with Crippen molar-refractivity contribution in [1.29, 1.82) is 0 Å². The zero-order valence-corrected chi connectivity index (χ0v) is 13.1. The summed E-state index contributed by atoms with van der Waals surface area (Å²) >= 11 is -1.26. The van der Waals surface area contributed by atoms with Crippen LogP contribution < -0.4 is 39.2 Å². The van der Waals surface area contributed by atoms with Gasteiger partial charge in [-0.25, -0.2) is 0 Å². The van der Waals surface area contributed by atoms with Crippen LogP contribution in [-0.4, -0.2) is 39.6 Å². The molecule has 0 saturated carbocycles. The van der Waals surface area contributed by atoms with Gasteiger partial charge in [-0.3, -0.25) is 0 Å². The SMILES string of the molecule is O=[As]c1ccc(O)c(NCS(=O)(=O)[O-])c1.[Na+]. The minimum Gasteiger partial charge on any atom is 1.00 e. The van der Waals surface area contributed by atoms with Crippen molar-refractivity contribution in [3.63, 3.8) is 0 Å². The Balaban J connectivity index is 0.00000225. The van der Waals surface area contributed by atoms with E-state index in [9.17, 15) is 21.8 Å². The van der Waals surface area contributed by atoms with E-state index in [-0.39, 0.29) is 41.0 Å². The van der Waals surface area contributed by atoms with Crippen LogP contribution in [0.4, 0.5) is 5.69 Å². The maximum absolute atomic E-state index is 10.6. The summed E-state index contributed by atoms with van der Waals surface area (Å²) in [5.74, 6) is -1.02. The van der Waals surface area contributed by atoms with E-state index in [1.165, 1.54) is 18.2 Å². The third-order valence-electron chi connectivity index (χ3n) is 1.52. The molecule has 0 bridgehead atoms. The van der Waals surface area contributed by atoms with E-state index in [1.807, 2.05) is 0 Å². The molecular formula is C7H7AsNNaO5S. The van der Waals surface area contributed by atoms with E-state index in [2.05, 4.69) is 5.32 Å². The third-order valence-corrected chi connectivity index (χ3v) is 3.05. The van der Waals surface area contributed by atoms with Crippen LogP contribution in [0.3, 0.4) is 0 Å². The Labute approximate surface area is 121 Å². The molecule has 6 nitrogen and oxygen atoms in total. The third kappa shape index (κ3) is 5.43. The number of anilines is 1. The first kappa shape index (κ1) is 16.1. The second-order valence-corrected chi connectivity index (χ2v) is 5.54. The summed E-state index contributed by atoms with van der Waals surface area (Å²) < 4.78 is 42.0. The summed E-state index contributed by atoms with van der Waals surface area (Å²) in [4.78, 5) is 0. The fourth-order valence-electron chi connectivity index (χ4n) is 0.889. The van der Waals surface area contributed by atoms with E-state index < -0.39 is 31.7 Å². The summed E-state index contributed by atoms with van der Waals surface area (Å²) in [6.45, 7) is 0. The van der Waals surface area contributed by atoms with Crippen LogP contribution in [0.2, 0.25) is 0 Å². The molecular weight excluding hydrogens is 308 g/mol. The number of hydrogen-bond donors (Lipinski definition) is 2. The number of phenolic OH excluding ortho intramolecular Hbond substituents is 1. The van der Waals surface area contributed by atoms with Crippen LogP contribution in [0.5, 0.6) is 5.75 Å². The Morgan fingerprint density at radius 2 is 2.06 bits per heavy atom. The van der Waals surface area contributed by atoms with Gasteiger partial charge in [0.15, 0.2) is 0 Å². The van der Waals surface area contributed by atoms with E-state index in [1.54, 1.807) is 0 Å². The number of nitrogens with one attached hydrogen (secondary N) is 1. The first-order valence-electron chi connectivity index (χ1n) is 3.76. The summed E-state index contributed by atoms with van der Waals surface area (Å²) in [6.07, 6.45) is 0. The Bertz CT molecular complexity index is 478. The molecule has 0 saturated heterocycles. The predicted octanol–water partition coefficient (Wildman–Crippen LogP) is -4.01. The molecule has 82 valence electrons. The van der Waals surface area contributed by atoms with Gasteiger partial charge >= 0.3 is 122 Å². The minimum atomic E-state index is -4.40. The van der Waals surface area contributed by atoms with E-state index >= 15 is 0 Å². The molecule has 1 aromatic carbocycles. The van der Waals surface area contributed by atoms with Gasteiger partial charge in [-0.05, 0) is 0 Å². The predicted molar refractivity (Wildman–Crippen MR) is 52.4 cm³/mol. The van der Waals surface area contributed by atoms with Gasteiger partial charge in [0.25, 0.3) is 0 Å². The summed E-state index contributed by atoms with van der Waals surface area (Å²) in [6, 6.07) is 4.08. The van der Waals surface area contributed by atoms with Gasteiger partial charge in [0.05, 0.1) is 0 Å². The van der Waals surface area contributed by atoms with Gasteiger partial charge in [0.1, 0.15) is 0 Å².